The number of rotatable bonds is 5. The zero-order valence-electron chi connectivity index (χ0n) is 15.3. The minimum absolute atomic E-state index is 0.476. The predicted molar refractivity (Wildman–Crippen MR) is 104 cm³/mol. The molecule has 2 unspecified atom stereocenters. The van der Waals surface area contributed by atoms with E-state index in [0.717, 1.165) is 35.5 Å². The molecule has 1 aliphatic heterocycles. The van der Waals surface area contributed by atoms with Crippen LogP contribution in [-0.2, 0) is 6.54 Å². The number of aromatic nitrogens is 3. The van der Waals surface area contributed by atoms with Crippen LogP contribution >= 0.6 is 0 Å². The van der Waals surface area contributed by atoms with Gasteiger partial charge in [0.1, 0.15) is 0 Å². The molecule has 1 fully saturated rings. The summed E-state index contributed by atoms with van der Waals surface area (Å²) in [6.07, 6.45) is 6.80. The third-order valence-electron chi connectivity index (χ3n) is 5.35. The van der Waals surface area contributed by atoms with Gasteiger partial charge in [-0.25, -0.2) is 4.98 Å². The molecule has 3 aromatic rings. The van der Waals surface area contributed by atoms with E-state index in [-0.39, 0.29) is 0 Å². The number of hydrazine groups is 1. The smallest absolute Gasteiger partial charge is 0.0963 e. The lowest BCUT2D eigenvalue weighted by Gasteiger charge is -2.19. The van der Waals surface area contributed by atoms with Gasteiger partial charge in [0.05, 0.1) is 17.7 Å². The molecule has 5 heteroatoms. The highest BCUT2D eigenvalue weighted by molar-refractivity contribution is 5.78. The van der Waals surface area contributed by atoms with Crippen LogP contribution in [0, 0.1) is 5.92 Å². The van der Waals surface area contributed by atoms with Gasteiger partial charge in [-0.1, -0.05) is 30.3 Å². The van der Waals surface area contributed by atoms with E-state index in [0.29, 0.717) is 18.0 Å². The molecule has 2 N–H and O–H groups in total. The van der Waals surface area contributed by atoms with Crippen molar-refractivity contribution in [2.45, 2.75) is 38.9 Å². The van der Waals surface area contributed by atoms with E-state index in [4.69, 9.17) is 4.98 Å². The Morgan fingerprint density at radius 1 is 0.962 bits per heavy atom. The SMILES string of the molecule is CC1NNC(C)C1CCn1cnc(-c2ccccc2)c1-c1cccnc1. The van der Waals surface area contributed by atoms with Crippen molar-refractivity contribution in [3.63, 3.8) is 0 Å². The molecule has 0 saturated carbocycles. The van der Waals surface area contributed by atoms with Crippen molar-refractivity contribution in [1.29, 1.82) is 0 Å². The molecule has 0 amide bonds. The van der Waals surface area contributed by atoms with Crippen molar-refractivity contribution in [3.8, 4) is 22.5 Å². The highest BCUT2D eigenvalue weighted by Gasteiger charge is 2.29. The van der Waals surface area contributed by atoms with E-state index in [1.165, 1.54) is 0 Å². The van der Waals surface area contributed by atoms with Gasteiger partial charge in [0.15, 0.2) is 0 Å². The summed E-state index contributed by atoms with van der Waals surface area (Å²) in [5, 5.41) is 0. The largest absolute Gasteiger partial charge is 0.330 e. The van der Waals surface area contributed by atoms with Crippen molar-refractivity contribution >= 4 is 0 Å². The molecule has 0 aliphatic carbocycles. The molecule has 0 radical (unpaired) electrons. The minimum Gasteiger partial charge on any atom is -0.330 e. The number of aryl methyl sites for hydroxylation is 1. The van der Waals surface area contributed by atoms with E-state index in [1.807, 2.05) is 30.9 Å². The maximum atomic E-state index is 4.75. The minimum atomic E-state index is 0.476. The van der Waals surface area contributed by atoms with Crippen molar-refractivity contribution in [3.05, 3.63) is 61.2 Å². The lowest BCUT2D eigenvalue weighted by molar-refractivity contribution is 0.388. The van der Waals surface area contributed by atoms with E-state index < -0.39 is 0 Å². The van der Waals surface area contributed by atoms with Gasteiger partial charge in [0.25, 0.3) is 0 Å². The molecule has 26 heavy (non-hydrogen) atoms. The lowest BCUT2D eigenvalue weighted by Crippen LogP contribution is -2.30. The van der Waals surface area contributed by atoms with Gasteiger partial charge in [0.2, 0.25) is 0 Å². The molecule has 2 atom stereocenters. The Labute approximate surface area is 154 Å². The molecule has 1 aromatic carbocycles. The average Bonchev–Trinajstić information content (AvgIpc) is 3.25. The predicted octanol–water partition coefficient (Wildman–Crippen LogP) is 3.50. The quantitative estimate of drug-likeness (QED) is 0.742. The van der Waals surface area contributed by atoms with Gasteiger partial charge in [0, 0.05) is 42.1 Å². The first-order valence-electron chi connectivity index (χ1n) is 9.26. The lowest BCUT2D eigenvalue weighted by atomic mass is 9.93. The Bertz CT molecular complexity index is 833. The standard InChI is InChI=1S/C21H25N5/c1-15-19(16(2)25-24-15)10-12-26-14-23-20(17-7-4-3-5-8-17)21(26)18-9-6-11-22-13-18/h3-9,11,13-16,19,24-25H,10,12H2,1-2H3. The fraction of sp³-hybridized carbons (Fsp3) is 0.333. The summed E-state index contributed by atoms with van der Waals surface area (Å²) in [7, 11) is 0. The summed E-state index contributed by atoms with van der Waals surface area (Å²) >= 11 is 0. The Kier molecular flexibility index (Phi) is 4.82. The third-order valence-corrected chi connectivity index (χ3v) is 5.35. The summed E-state index contributed by atoms with van der Waals surface area (Å²) in [5.41, 5.74) is 11.1. The zero-order chi connectivity index (χ0) is 17.9. The van der Waals surface area contributed by atoms with E-state index in [2.05, 4.69) is 64.6 Å². The number of benzene rings is 1. The van der Waals surface area contributed by atoms with Crippen LogP contribution in [0.4, 0.5) is 0 Å². The average molecular weight is 347 g/mol. The van der Waals surface area contributed by atoms with E-state index in [1.54, 1.807) is 0 Å². The van der Waals surface area contributed by atoms with Gasteiger partial charge in [-0.2, -0.15) is 0 Å². The van der Waals surface area contributed by atoms with Crippen LogP contribution in [0.2, 0.25) is 0 Å². The highest BCUT2D eigenvalue weighted by atomic mass is 15.4. The zero-order valence-corrected chi connectivity index (χ0v) is 15.3. The van der Waals surface area contributed by atoms with E-state index >= 15 is 0 Å². The number of imidazole rings is 1. The van der Waals surface area contributed by atoms with E-state index in [9.17, 15) is 0 Å². The summed E-state index contributed by atoms with van der Waals surface area (Å²) in [6, 6.07) is 15.4. The number of pyridine rings is 1. The van der Waals surface area contributed by atoms with Gasteiger partial charge in [-0.15, -0.1) is 0 Å². The Hall–Kier alpha value is -2.50. The van der Waals surface area contributed by atoms with Crippen LogP contribution in [-0.4, -0.2) is 26.6 Å². The van der Waals surface area contributed by atoms with Gasteiger partial charge < -0.3 is 4.57 Å². The molecule has 134 valence electrons. The maximum absolute atomic E-state index is 4.75. The molecule has 1 saturated heterocycles. The second-order valence-electron chi connectivity index (χ2n) is 7.06. The first-order chi connectivity index (χ1) is 12.7. The highest BCUT2D eigenvalue weighted by Crippen LogP contribution is 2.31. The first-order valence-corrected chi connectivity index (χ1v) is 9.26. The van der Waals surface area contributed by atoms with Crippen LogP contribution in [0.5, 0.6) is 0 Å². The van der Waals surface area contributed by atoms with Crippen LogP contribution in [0.15, 0.2) is 61.2 Å². The van der Waals surface area contributed by atoms with Crippen LogP contribution in [0.3, 0.4) is 0 Å². The molecular formula is C21H25N5. The molecule has 3 heterocycles. The van der Waals surface area contributed by atoms with Crippen molar-refractivity contribution < 1.29 is 0 Å². The van der Waals surface area contributed by atoms with Crippen molar-refractivity contribution in [2.24, 2.45) is 5.92 Å². The Balaban J connectivity index is 1.68. The summed E-state index contributed by atoms with van der Waals surface area (Å²) < 4.78 is 2.27. The topological polar surface area (TPSA) is 54.8 Å². The first kappa shape index (κ1) is 16.9. The molecule has 1 aliphatic rings. The van der Waals surface area contributed by atoms with Crippen LogP contribution in [0.25, 0.3) is 22.5 Å². The fourth-order valence-corrected chi connectivity index (χ4v) is 3.86. The third kappa shape index (κ3) is 3.28. The molecule has 0 bridgehead atoms. The van der Waals surface area contributed by atoms with Gasteiger partial charge >= 0.3 is 0 Å². The van der Waals surface area contributed by atoms with Crippen molar-refractivity contribution in [2.75, 3.05) is 0 Å². The van der Waals surface area contributed by atoms with Crippen LogP contribution < -0.4 is 10.9 Å². The van der Waals surface area contributed by atoms with Gasteiger partial charge in [-0.05, 0) is 38.3 Å². The monoisotopic (exact) mass is 347 g/mol. The normalized spacial score (nSPS) is 22.6. The Morgan fingerprint density at radius 3 is 2.38 bits per heavy atom. The summed E-state index contributed by atoms with van der Waals surface area (Å²) in [4.78, 5) is 9.07. The Morgan fingerprint density at radius 2 is 1.69 bits per heavy atom. The van der Waals surface area contributed by atoms with Crippen molar-refractivity contribution in [1.82, 2.24) is 25.4 Å². The fourth-order valence-electron chi connectivity index (χ4n) is 3.86. The number of hydrogen-bond acceptors (Lipinski definition) is 4. The van der Waals surface area contributed by atoms with Crippen LogP contribution in [0.1, 0.15) is 20.3 Å². The number of nitrogens with one attached hydrogen (secondary N) is 2. The molecule has 5 nitrogen and oxygen atoms in total. The number of hydrogen-bond donors (Lipinski definition) is 2. The molecule has 2 aromatic heterocycles. The molecule has 4 rings (SSSR count). The molecular weight excluding hydrogens is 322 g/mol. The summed E-state index contributed by atoms with van der Waals surface area (Å²) in [6.45, 7) is 5.42. The summed E-state index contributed by atoms with van der Waals surface area (Å²) in [5.74, 6) is 0.597. The molecule has 0 spiro atoms. The van der Waals surface area contributed by atoms with Gasteiger partial charge in [-0.3, -0.25) is 15.8 Å². The maximum Gasteiger partial charge on any atom is 0.0963 e. The number of nitrogens with zero attached hydrogens (tertiary/aromatic N) is 3. The second kappa shape index (κ2) is 7.40. The second-order valence-corrected chi connectivity index (χ2v) is 7.06.